The van der Waals surface area contributed by atoms with Gasteiger partial charge in [-0.1, -0.05) is 12.1 Å². The predicted molar refractivity (Wildman–Crippen MR) is 85.0 cm³/mol. The summed E-state index contributed by atoms with van der Waals surface area (Å²) in [5, 5.41) is 3.83. The number of hydrogen-bond donors (Lipinski definition) is 1. The van der Waals surface area contributed by atoms with Crippen LogP contribution in [0, 0.1) is 13.8 Å². The molecular weight excluding hydrogens is 292 g/mol. The second-order valence-electron chi connectivity index (χ2n) is 4.59. The third-order valence-electron chi connectivity index (χ3n) is 2.89. The Morgan fingerprint density at radius 2 is 2.20 bits per heavy atom. The topological polar surface area (TPSA) is 42.0 Å². The maximum absolute atomic E-state index is 12.2. The first-order chi connectivity index (χ1) is 9.60. The van der Waals surface area contributed by atoms with Crippen LogP contribution in [0.5, 0.6) is 0 Å². The van der Waals surface area contributed by atoms with E-state index in [0.717, 1.165) is 29.2 Å². The van der Waals surface area contributed by atoms with Gasteiger partial charge in [-0.05, 0) is 44.4 Å². The van der Waals surface area contributed by atoms with E-state index in [1.807, 2.05) is 38.1 Å². The molecule has 5 heteroatoms. The average Bonchev–Trinajstić information content (AvgIpc) is 2.76. The number of aryl methyl sites for hydroxylation is 3. The average molecular weight is 309 g/mol. The number of hydrogen-bond acceptors (Lipinski definition) is 3. The van der Waals surface area contributed by atoms with Crippen molar-refractivity contribution < 1.29 is 4.79 Å². The summed E-state index contributed by atoms with van der Waals surface area (Å²) >= 11 is 7.12. The molecule has 0 bridgehead atoms. The van der Waals surface area contributed by atoms with Gasteiger partial charge in [-0.3, -0.25) is 4.79 Å². The lowest BCUT2D eigenvalue weighted by Gasteiger charge is -2.06. The molecule has 0 saturated carbocycles. The van der Waals surface area contributed by atoms with Crippen molar-refractivity contribution in [2.75, 3.05) is 11.2 Å². The lowest BCUT2D eigenvalue weighted by molar-refractivity contribution is 0.103. The maximum Gasteiger partial charge on any atom is 0.267 e. The molecule has 0 spiro atoms. The first-order valence-electron chi connectivity index (χ1n) is 6.50. The maximum atomic E-state index is 12.2. The first-order valence-corrected chi connectivity index (χ1v) is 7.85. The number of nitrogens with one attached hydrogen (secondary N) is 1. The van der Waals surface area contributed by atoms with Crippen molar-refractivity contribution in [2.24, 2.45) is 0 Å². The summed E-state index contributed by atoms with van der Waals surface area (Å²) in [7, 11) is 0. The van der Waals surface area contributed by atoms with Crippen LogP contribution in [0.1, 0.15) is 32.4 Å². The van der Waals surface area contributed by atoms with Gasteiger partial charge in [0.2, 0.25) is 0 Å². The van der Waals surface area contributed by atoms with Crippen molar-refractivity contribution in [3.8, 4) is 0 Å². The second-order valence-corrected chi connectivity index (χ2v) is 6.18. The smallest absolute Gasteiger partial charge is 0.267 e. The summed E-state index contributed by atoms with van der Waals surface area (Å²) in [6.45, 7) is 3.76. The zero-order valence-electron chi connectivity index (χ0n) is 11.6. The van der Waals surface area contributed by atoms with E-state index in [2.05, 4.69) is 10.3 Å². The fourth-order valence-corrected chi connectivity index (χ4v) is 2.95. The van der Waals surface area contributed by atoms with E-state index in [1.165, 1.54) is 16.9 Å². The number of nitrogens with zero attached hydrogens (tertiary/aromatic N) is 1. The zero-order valence-corrected chi connectivity index (χ0v) is 13.1. The largest absolute Gasteiger partial charge is 0.321 e. The van der Waals surface area contributed by atoms with Gasteiger partial charge >= 0.3 is 0 Å². The van der Waals surface area contributed by atoms with Gasteiger partial charge < -0.3 is 5.32 Å². The highest BCUT2D eigenvalue weighted by molar-refractivity contribution is 7.13. The minimum atomic E-state index is -0.0948. The zero-order chi connectivity index (χ0) is 14.5. The Balaban J connectivity index is 2.09. The molecule has 0 unspecified atom stereocenters. The molecule has 1 aromatic heterocycles. The summed E-state index contributed by atoms with van der Waals surface area (Å²) < 4.78 is 0. The highest BCUT2D eigenvalue weighted by Crippen LogP contribution is 2.20. The number of aromatic nitrogens is 1. The molecule has 0 aliphatic heterocycles. The van der Waals surface area contributed by atoms with E-state index in [0.29, 0.717) is 10.8 Å². The Kier molecular flexibility index (Phi) is 5.15. The van der Waals surface area contributed by atoms with E-state index in [1.54, 1.807) is 0 Å². The molecule has 0 fully saturated rings. The van der Waals surface area contributed by atoms with Crippen LogP contribution in [-0.2, 0) is 6.42 Å². The molecule has 0 aliphatic rings. The van der Waals surface area contributed by atoms with Gasteiger partial charge in [0, 0.05) is 11.6 Å². The van der Waals surface area contributed by atoms with Crippen LogP contribution in [0.15, 0.2) is 24.3 Å². The van der Waals surface area contributed by atoms with E-state index < -0.39 is 0 Å². The van der Waals surface area contributed by atoms with Crippen LogP contribution in [0.2, 0.25) is 0 Å². The number of rotatable bonds is 5. The Labute approximate surface area is 128 Å². The van der Waals surface area contributed by atoms with Gasteiger partial charge in [0.1, 0.15) is 4.88 Å². The molecular formula is C15H17ClN2OS. The summed E-state index contributed by atoms with van der Waals surface area (Å²) in [5.41, 5.74) is 2.77. The van der Waals surface area contributed by atoms with Crippen molar-refractivity contribution in [1.82, 2.24) is 4.98 Å². The molecule has 0 atom stereocenters. The Hall–Kier alpha value is -1.39. The van der Waals surface area contributed by atoms with Crippen molar-refractivity contribution >= 4 is 34.5 Å². The molecule has 0 radical (unpaired) electrons. The Morgan fingerprint density at radius 3 is 2.85 bits per heavy atom. The van der Waals surface area contributed by atoms with Crippen LogP contribution < -0.4 is 5.32 Å². The molecule has 0 saturated heterocycles. The number of alkyl halides is 1. The number of halogens is 1. The number of carbonyl (C=O) groups is 1. The molecule has 106 valence electrons. The van der Waals surface area contributed by atoms with E-state index in [-0.39, 0.29) is 5.91 Å². The fraction of sp³-hybridized carbons (Fsp3) is 0.333. The summed E-state index contributed by atoms with van der Waals surface area (Å²) in [6.07, 6.45) is 1.86. The molecule has 3 nitrogen and oxygen atoms in total. The number of benzene rings is 1. The van der Waals surface area contributed by atoms with Gasteiger partial charge in [-0.15, -0.1) is 22.9 Å². The fourth-order valence-electron chi connectivity index (χ4n) is 2.01. The molecule has 1 amide bonds. The van der Waals surface area contributed by atoms with Crippen LogP contribution in [0.25, 0.3) is 0 Å². The van der Waals surface area contributed by atoms with E-state index in [4.69, 9.17) is 11.6 Å². The van der Waals surface area contributed by atoms with Crippen LogP contribution in [0.4, 0.5) is 5.69 Å². The van der Waals surface area contributed by atoms with Gasteiger partial charge in [-0.25, -0.2) is 4.98 Å². The van der Waals surface area contributed by atoms with Crippen molar-refractivity contribution in [3.63, 3.8) is 0 Å². The standard InChI is InChI=1S/C15H17ClN2OS/c1-10-14(20-11(2)17-10)15(19)18-13-7-3-5-12(9-13)6-4-8-16/h3,5,7,9H,4,6,8H2,1-2H3,(H,18,19). The third-order valence-corrected chi connectivity index (χ3v) is 4.23. The third kappa shape index (κ3) is 3.81. The first kappa shape index (κ1) is 15.0. The van der Waals surface area contributed by atoms with Crippen LogP contribution in [-0.4, -0.2) is 16.8 Å². The number of anilines is 1. The number of thiazole rings is 1. The van der Waals surface area contributed by atoms with Crippen molar-refractivity contribution in [3.05, 3.63) is 45.4 Å². The van der Waals surface area contributed by atoms with Crippen molar-refractivity contribution in [1.29, 1.82) is 0 Å². The van der Waals surface area contributed by atoms with E-state index >= 15 is 0 Å². The monoisotopic (exact) mass is 308 g/mol. The predicted octanol–water partition coefficient (Wildman–Crippen LogP) is 4.18. The van der Waals surface area contributed by atoms with Crippen LogP contribution in [0.3, 0.4) is 0 Å². The molecule has 0 aliphatic carbocycles. The quantitative estimate of drug-likeness (QED) is 0.842. The molecule has 1 heterocycles. The molecule has 2 rings (SSSR count). The molecule has 20 heavy (non-hydrogen) atoms. The lowest BCUT2D eigenvalue weighted by atomic mass is 10.1. The highest BCUT2D eigenvalue weighted by atomic mass is 35.5. The highest BCUT2D eigenvalue weighted by Gasteiger charge is 2.13. The molecule has 2 aromatic rings. The SMILES string of the molecule is Cc1nc(C)c(C(=O)Nc2cccc(CCCCl)c2)s1. The minimum absolute atomic E-state index is 0.0948. The number of carbonyl (C=O) groups excluding carboxylic acids is 1. The lowest BCUT2D eigenvalue weighted by Crippen LogP contribution is -2.11. The van der Waals surface area contributed by atoms with Gasteiger partial charge in [-0.2, -0.15) is 0 Å². The second kappa shape index (κ2) is 6.86. The minimum Gasteiger partial charge on any atom is -0.321 e. The molecule has 1 aromatic carbocycles. The number of amides is 1. The van der Waals surface area contributed by atoms with Gasteiger partial charge in [0.25, 0.3) is 5.91 Å². The van der Waals surface area contributed by atoms with Gasteiger partial charge in [0.05, 0.1) is 10.7 Å². The van der Waals surface area contributed by atoms with E-state index in [9.17, 15) is 4.79 Å². The molecule has 1 N–H and O–H groups in total. The Morgan fingerprint density at radius 1 is 1.40 bits per heavy atom. The summed E-state index contributed by atoms with van der Waals surface area (Å²) in [5.74, 6) is 0.554. The summed E-state index contributed by atoms with van der Waals surface area (Å²) in [6, 6.07) is 7.88. The summed E-state index contributed by atoms with van der Waals surface area (Å²) in [4.78, 5) is 17.2. The Bertz CT molecular complexity index is 610. The van der Waals surface area contributed by atoms with Crippen LogP contribution >= 0.6 is 22.9 Å². The van der Waals surface area contributed by atoms with Gasteiger partial charge in [0.15, 0.2) is 0 Å². The van der Waals surface area contributed by atoms with Crippen molar-refractivity contribution in [2.45, 2.75) is 26.7 Å². The normalized spacial score (nSPS) is 10.6.